The maximum atomic E-state index is 11.1. The molecule has 7 nitrogen and oxygen atoms in total. The van der Waals surface area contributed by atoms with Crippen LogP contribution in [0.5, 0.6) is 0 Å². The zero-order chi connectivity index (χ0) is 10.6. The van der Waals surface area contributed by atoms with E-state index >= 15 is 0 Å². The monoisotopic (exact) mass is 200 g/mol. The van der Waals surface area contributed by atoms with Crippen LogP contribution in [0.2, 0.25) is 0 Å². The minimum Gasteiger partial charge on any atom is -0.380 e. The Bertz CT molecular complexity index is 396. The summed E-state index contributed by atoms with van der Waals surface area (Å²) in [5.74, 6) is 0.0773. The molecule has 78 valence electrons. The number of hydrogen-bond donors (Lipinski definition) is 3. The number of nitrogens with one attached hydrogen (secondary N) is 3. The lowest BCUT2D eigenvalue weighted by molar-refractivity contribution is 0.128. The highest BCUT2D eigenvalue weighted by Gasteiger charge is 2.03. The van der Waals surface area contributed by atoms with Crippen molar-refractivity contribution in [1.82, 2.24) is 15.2 Å². The van der Waals surface area contributed by atoms with Crippen LogP contribution in [0.25, 0.3) is 0 Å². The highest BCUT2D eigenvalue weighted by molar-refractivity contribution is 5.28. The third-order valence-electron chi connectivity index (χ3n) is 1.67. The van der Waals surface area contributed by atoms with Gasteiger partial charge in [-0.05, 0) is 6.92 Å². The van der Waals surface area contributed by atoms with Crippen molar-refractivity contribution in [3.05, 3.63) is 20.8 Å². The first-order valence-corrected chi connectivity index (χ1v) is 4.09. The van der Waals surface area contributed by atoms with E-state index in [4.69, 9.17) is 4.74 Å². The second kappa shape index (κ2) is 4.56. The molecule has 1 atom stereocenters. The van der Waals surface area contributed by atoms with Gasteiger partial charge in [-0.15, -0.1) is 5.10 Å². The SMILES string of the molecule is COC(C)CNc1n[nH]c(=O)[nH]c1=O. The fourth-order valence-corrected chi connectivity index (χ4v) is 0.791. The predicted molar refractivity (Wildman–Crippen MR) is 50.4 cm³/mol. The van der Waals surface area contributed by atoms with Crippen molar-refractivity contribution >= 4 is 5.82 Å². The smallest absolute Gasteiger partial charge is 0.342 e. The van der Waals surface area contributed by atoms with Crippen LogP contribution in [-0.2, 0) is 4.74 Å². The predicted octanol–water partition coefficient (Wildman–Crippen LogP) is -1.09. The number of rotatable bonds is 4. The Morgan fingerprint density at radius 2 is 2.29 bits per heavy atom. The molecular weight excluding hydrogens is 188 g/mol. The molecule has 1 heterocycles. The van der Waals surface area contributed by atoms with Crippen LogP contribution in [0.1, 0.15) is 6.92 Å². The van der Waals surface area contributed by atoms with Crippen LogP contribution in [0.15, 0.2) is 9.59 Å². The van der Waals surface area contributed by atoms with Gasteiger partial charge in [0.1, 0.15) is 0 Å². The van der Waals surface area contributed by atoms with Crippen LogP contribution in [0.4, 0.5) is 5.82 Å². The molecule has 7 heteroatoms. The number of nitrogens with zero attached hydrogens (tertiary/aromatic N) is 1. The molecule has 0 aliphatic heterocycles. The molecule has 0 aromatic carbocycles. The Labute approximate surface area is 79.5 Å². The van der Waals surface area contributed by atoms with E-state index in [1.165, 1.54) is 0 Å². The molecule has 0 fully saturated rings. The maximum absolute atomic E-state index is 11.1. The largest absolute Gasteiger partial charge is 0.380 e. The van der Waals surface area contributed by atoms with Crippen molar-refractivity contribution < 1.29 is 4.74 Å². The number of anilines is 1. The molecule has 0 saturated carbocycles. The molecule has 1 aromatic heterocycles. The number of aromatic nitrogens is 3. The van der Waals surface area contributed by atoms with Gasteiger partial charge >= 0.3 is 5.69 Å². The molecule has 0 amide bonds. The van der Waals surface area contributed by atoms with E-state index in [0.717, 1.165) is 0 Å². The third kappa shape index (κ3) is 2.70. The van der Waals surface area contributed by atoms with E-state index in [-0.39, 0.29) is 11.9 Å². The van der Waals surface area contributed by atoms with Crippen molar-refractivity contribution in [2.45, 2.75) is 13.0 Å². The summed E-state index contributed by atoms with van der Waals surface area (Å²) < 4.78 is 4.96. The second-order valence-electron chi connectivity index (χ2n) is 2.78. The molecule has 3 N–H and O–H groups in total. The van der Waals surface area contributed by atoms with Crippen molar-refractivity contribution in [2.75, 3.05) is 19.0 Å². The average molecular weight is 200 g/mol. The zero-order valence-electron chi connectivity index (χ0n) is 7.96. The Hall–Kier alpha value is -1.63. The summed E-state index contributed by atoms with van der Waals surface area (Å²) in [6, 6.07) is 0. The molecule has 0 bridgehead atoms. The quantitative estimate of drug-likeness (QED) is 0.573. The highest BCUT2D eigenvalue weighted by Crippen LogP contribution is 1.90. The lowest BCUT2D eigenvalue weighted by Gasteiger charge is -2.09. The van der Waals surface area contributed by atoms with Crippen LogP contribution in [0.3, 0.4) is 0 Å². The van der Waals surface area contributed by atoms with Gasteiger partial charge in [0.05, 0.1) is 6.10 Å². The minimum atomic E-state index is -0.625. The Morgan fingerprint density at radius 3 is 2.86 bits per heavy atom. The summed E-state index contributed by atoms with van der Waals surface area (Å²) in [4.78, 5) is 23.8. The standard InChI is InChI=1S/C7H12N4O3/c1-4(14-2)3-8-5-6(12)9-7(13)11-10-5/h4H,3H2,1-2H3,(H,8,10)(H2,9,11,12,13). The number of methoxy groups -OCH3 is 1. The van der Waals surface area contributed by atoms with Crippen LogP contribution >= 0.6 is 0 Å². The molecule has 0 aliphatic carbocycles. The summed E-state index contributed by atoms with van der Waals surface area (Å²) in [7, 11) is 1.57. The summed E-state index contributed by atoms with van der Waals surface area (Å²) in [6.07, 6.45) is -0.0388. The van der Waals surface area contributed by atoms with E-state index in [9.17, 15) is 9.59 Å². The van der Waals surface area contributed by atoms with Crippen molar-refractivity contribution in [2.24, 2.45) is 0 Å². The van der Waals surface area contributed by atoms with E-state index in [1.807, 2.05) is 11.9 Å². The van der Waals surface area contributed by atoms with Gasteiger partial charge in [0, 0.05) is 13.7 Å². The normalized spacial score (nSPS) is 12.4. The van der Waals surface area contributed by atoms with Gasteiger partial charge in [0.25, 0.3) is 5.56 Å². The lowest BCUT2D eigenvalue weighted by atomic mass is 10.4. The van der Waals surface area contributed by atoms with Gasteiger partial charge in [0.15, 0.2) is 0 Å². The summed E-state index contributed by atoms with van der Waals surface area (Å²) in [5.41, 5.74) is -1.17. The summed E-state index contributed by atoms with van der Waals surface area (Å²) in [5, 5.41) is 8.40. The molecular formula is C7H12N4O3. The first kappa shape index (κ1) is 10.5. The Morgan fingerprint density at radius 1 is 1.57 bits per heavy atom. The topological polar surface area (TPSA) is 99.9 Å². The molecule has 1 aromatic rings. The molecule has 1 unspecified atom stereocenters. The van der Waals surface area contributed by atoms with E-state index in [2.05, 4.69) is 15.5 Å². The fraction of sp³-hybridized carbons (Fsp3) is 0.571. The molecule has 0 aliphatic rings. The van der Waals surface area contributed by atoms with E-state index in [1.54, 1.807) is 7.11 Å². The van der Waals surface area contributed by atoms with Crippen molar-refractivity contribution in [3.63, 3.8) is 0 Å². The van der Waals surface area contributed by atoms with Crippen molar-refractivity contribution in [3.8, 4) is 0 Å². The highest BCUT2D eigenvalue weighted by atomic mass is 16.5. The van der Waals surface area contributed by atoms with Crippen LogP contribution in [0, 0.1) is 0 Å². The third-order valence-corrected chi connectivity index (χ3v) is 1.67. The molecule has 1 rings (SSSR count). The fourth-order valence-electron chi connectivity index (χ4n) is 0.791. The molecule has 0 saturated heterocycles. The van der Waals surface area contributed by atoms with Gasteiger partial charge in [0.2, 0.25) is 5.82 Å². The van der Waals surface area contributed by atoms with Crippen molar-refractivity contribution in [1.29, 1.82) is 0 Å². The van der Waals surface area contributed by atoms with Gasteiger partial charge in [-0.3, -0.25) is 9.78 Å². The van der Waals surface area contributed by atoms with Crippen LogP contribution < -0.4 is 16.6 Å². The first-order chi connectivity index (χ1) is 6.63. The Balaban J connectivity index is 2.68. The van der Waals surface area contributed by atoms with Gasteiger partial charge in [-0.2, -0.15) is 0 Å². The second-order valence-corrected chi connectivity index (χ2v) is 2.78. The number of hydrogen-bond acceptors (Lipinski definition) is 5. The average Bonchev–Trinajstić information content (AvgIpc) is 2.16. The molecule has 0 spiro atoms. The zero-order valence-corrected chi connectivity index (χ0v) is 7.96. The molecule has 0 radical (unpaired) electrons. The minimum absolute atomic E-state index is 0.0388. The first-order valence-electron chi connectivity index (χ1n) is 4.09. The lowest BCUT2D eigenvalue weighted by Crippen LogP contribution is -2.29. The number of aromatic amines is 2. The van der Waals surface area contributed by atoms with Gasteiger partial charge < -0.3 is 10.1 Å². The summed E-state index contributed by atoms with van der Waals surface area (Å²) in [6.45, 7) is 2.28. The summed E-state index contributed by atoms with van der Waals surface area (Å²) >= 11 is 0. The Kier molecular flexibility index (Phi) is 3.41. The van der Waals surface area contributed by atoms with E-state index in [0.29, 0.717) is 6.54 Å². The van der Waals surface area contributed by atoms with Gasteiger partial charge in [-0.1, -0.05) is 0 Å². The number of ether oxygens (including phenoxy) is 1. The number of H-pyrrole nitrogens is 2. The van der Waals surface area contributed by atoms with Crippen LogP contribution in [-0.4, -0.2) is 34.9 Å². The molecule has 14 heavy (non-hydrogen) atoms. The maximum Gasteiger partial charge on any atom is 0.342 e. The van der Waals surface area contributed by atoms with Gasteiger partial charge in [-0.25, -0.2) is 9.89 Å². The van der Waals surface area contributed by atoms with E-state index < -0.39 is 11.2 Å².